The molecule has 108 valence electrons. The molecule has 1 aliphatic rings. The van der Waals surface area contributed by atoms with Gasteiger partial charge >= 0.3 is 0 Å². The van der Waals surface area contributed by atoms with E-state index in [1.807, 2.05) is 0 Å². The highest BCUT2D eigenvalue weighted by Gasteiger charge is 2.24. The summed E-state index contributed by atoms with van der Waals surface area (Å²) in [5, 5.41) is 3.43. The van der Waals surface area contributed by atoms with Gasteiger partial charge in [0.05, 0.1) is 25.9 Å². The Morgan fingerprint density at radius 1 is 1.39 bits per heavy atom. The molecular weight excluding hydrogens is 254 g/mol. The van der Waals surface area contributed by atoms with Gasteiger partial charge < -0.3 is 14.8 Å². The van der Waals surface area contributed by atoms with Crippen LogP contribution >= 0.6 is 0 Å². The lowest BCUT2D eigenvalue weighted by atomic mass is 10.1. The molecule has 0 saturated carbocycles. The van der Waals surface area contributed by atoms with E-state index in [2.05, 4.69) is 12.2 Å². The fraction of sp³-hybridized carbons (Fsp3) is 1.00. The summed E-state index contributed by atoms with van der Waals surface area (Å²) in [5.74, 6) is 0.241. The molecule has 2 unspecified atom stereocenters. The Bertz CT molecular complexity index is 312. The molecule has 1 fully saturated rings. The summed E-state index contributed by atoms with van der Waals surface area (Å²) < 4.78 is 33.3. The van der Waals surface area contributed by atoms with E-state index in [4.69, 9.17) is 9.47 Å². The highest BCUT2D eigenvalue weighted by atomic mass is 32.2. The third kappa shape index (κ3) is 6.68. The highest BCUT2D eigenvalue weighted by molar-refractivity contribution is 7.90. The molecule has 0 radical (unpaired) electrons. The molecule has 0 aromatic carbocycles. The summed E-state index contributed by atoms with van der Waals surface area (Å²) in [5.41, 5.74) is 0. The van der Waals surface area contributed by atoms with Crippen LogP contribution in [-0.2, 0) is 19.3 Å². The topological polar surface area (TPSA) is 64.6 Å². The van der Waals surface area contributed by atoms with Crippen LogP contribution in [0, 0.1) is 0 Å². The molecule has 1 N–H and O–H groups in total. The number of nitrogens with one attached hydrogen (secondary N) is 1. The predicted octanol–water partition coefficient (Wildman–Crippen LogP) is 0.595. The molecule has 18 heavy (non-hydrogen) atoms. The van der Waals surface area contributed by atoms with Crippen molar-refractivity contribution in [2.45, 2.75) is 38.3 Å². The molecule has 0 spiro atoms. The Labute approximate surface area is 110 Å². The first-order valence-electron chi connectivity index (χ1n) is 6.63. The fourth-order valence-corrected chi connectivity index (χ4v) is 2.74. The Hall–Kier alpha value is -0.170. The molecule has 2 atom stereocenters. The van der Waals surface area contributed by atoms with Crippen LogP contribution in [0.25, 0.3) is 0 Å². The van der Waals surface area contributed by atoms with E-state index in [1.54, 1.807) is 0 Å². The van der Waals surface area contributed by atoms with Crippen LogP contribution in [0.1, 0.15) is 26.2 Å². The Morgan fingerprint density at radius 3 is 2.72 bits per heavy atom. The number of hydrogen-bond donors (Lipinski definition) is 1. The van der Waals surface area contributed by atoms with Gasteiger partial charge in [-0.05, 0) is 25.8 Å². The van der Waals surface area contributed by atoms with Gasteiger partial charge in [0.15, 0.2) is 0 Å². The lowest BCUT2D eigenvalue weighted by Gasteiger charge is -2.31. The van der Waals surface area contributed by atoms with E-state index in [-0.39, 0.29) is 17.9 Å². The van der Waals surface area contributed by atoms with Crippen molar-refractivity contribution in [1.29, 1.82) is 0 Å². The van der Waals surface area contributed by atoms with Gasteiger partial charge in [0.2, 0.25) is 0 Å². The van der Waals surface area contributed by atoms with Crippen LogP contribution in [0.2, 0.25) is 0 Å². The molecule has 0 aromatic heterocycles. The fourth-order valence-electron chi connectivity index (χ4n) is 2.05. The van der Waals surface area contributed by atoms with Crippen LogP contribution in [0.4, 0.5) is 0 Å². The maximum absolute atomic E-state index is 11.1. The van der Waals surface area contributed by atoms with Crippen LogP contribution < -0.4 is 5.32 Å². The van der Waals surface area contributed by atoms with Gasteiger partial charge in [-0.3, -0.25) is 0 Å². The molecule has 6 heteroatoms. The zero-order valence-corrected chi connectivity index (χ0v) is 12.2. The first-order valence-corrected chi connectivity index (χ1v) is 8.69. The molecule has 0 aromatic rings. The average Bonchev–Trinajstić information content (AvgIpc) is 2.33. The van der Waals surface area contributed by atoms with Gasteiger partial charge in [-0.2, -0.15) is 0 Å². The predicted molar refractivity (Wildman–Crippen MR) is 71.6 cm³/mol. The summed E-state index contributed by atoms with van der Waals surface area (Å²) in [6, 6.07) is 0.187. The lowest BCUT2D eigenvalue weighted by Crippen LogP contribution is -2.47. The van der Waals surface area contributed by atoms with E-state index in [0.717, 1.165) is 19.4 Å². The molecule has 1 saturated heterocycles. The molecule has 0 bridgehead atoms. The SMILES string of the molecule is CCCNC(CCCS(C)(=O)=O)C1COCCO1. The third-order valence-electron chi connectivity index (χ3n) is 2.98. The van der Waals surface area contributed by atoms with Gasteiger partial charge in [-0.15, -0.1) is 0 Å². The van der Waals surface area contributed by atoms with Crippen molar-refractivity contribution in [3.05, 3.63) is 0 Å². The van der Waals surface area contributed by atoms with Crippen molar-refractivity contribution < 1.29 is 17.9 Å². The Kier molecular flexibility index (Phi) is 7.14. The van der Waals surface area contributed by atoms with Crippen LogP contribution in [0.5, 0.6) is 0 Å². The maximum atomic E-state index is 11.1. The number of rotatable bonds is 8. The zero-order chi connectivity index (χ0) is 13.4. The molecular formula is C12H25NO4S. The highest BCUT2D eigenvalue weighted by Crippen LogP contribution is 2.11. The van der Waals surface area contributed by atoms with Gasteiger partial charge in [0.25, 0.3) is 0 Å². The molecule has 1 rings (SSSR count). The normalized spacial score (nSPS) is 22.9. The number of ether oxygens (including phenoxy) is 2. The molecule has 1 heterocycles. The quantitative estimate of drug-likeness (QED) is 0.704. The van der Waals surface area contributed by atoms with Gasteiger partial charge in [0.1, 0.15) is 9.84 Å². The summed E-state index contributed by atoms with van der Waals surface area (Å²) in [7, 11) is -2.87. The summed E-state index contributed by atoms with van der Waals surface area (Å²) >= 11 is 0. The van der Waals surface area contributed by atoms with E-state index < -0.39 is 9.84 Å². The standard InChI is InChI=1S/C12H25NO4S/c1-3-6-13-11(5-4-9-18(2,14)15)12-10-16-7-8-17-12/h11-13H,3-10H2,1-2H3. The van der Waals surface area contributed by atoms with Gasteiger partial charge in [-0.25, -0.2) is 8.42 Å². The molecule has 0 aliphatic carbocycles. The maximum Gasteiger partial charge on any atom is 0.147 e. The minimum Gasteiger partial charge on any atom is -0.376 e. The Balaban J connectivity index is 2.38. The first kappa shape index (κ1) is 15.9. The lowest BCUT2D eigenvalue weighted by molar-refractivity contribution is -0.102. The minimum absolute atomic E-state index is 0.0462. The van der Waals surface area contributed by atoms with Gasteiger partial charge in [-0.1, -0.05) is 6.92 Å². The van der Waals surface area contributed by atoms with Crippen molar-refractivity contribution in [3.63, 3.8) is 0 Å². The second-order valence-corrected chi connectivity index (χ2v) is 7.08. The van der Waals surface area contributed by atoms with Crippen molar-refractivity contribution >= 4 is 9.84 Å². The van der Waals surface area contributed by atoms with Crippen molar-refractivity contribution in [3.8, 4) is 0 Å². The average molecular weight is 279 g/mol. The molecule has 1 aliphatic heterocycles. The van der Waals surface area contributed by atoms with E-state index in [0.29, 0.717) is 26.2 Å². The van der Waals surface area contributed by atoms with Crippen molar-refractivity contribution in [2.24, 2.45) is 0 Å². The first-order chi connectivity index (χ1) is 8.53. The summed E-state index contributed by atoms with van der Waals surface area (Å²) in [6.07, 6.45) is 3.85. The van der Waals surface area contributed by atoms with Crippen LogP contribution in [0.3, 0.4) is 0 Å². The summed E-state index contributed by atoms with van der Waals surface area (Å²) in [4.78, 5) is 0. The second-order valence-electron chi connectivity index (χ2n) is 4.82. The summed E-state index contributed by atoms with van der Waals surface area (Å²) in [6.45, 7) is 4.91. The van der Waals surface area contributed by atoms with Crippen molar-refractivity contribution in [1.82, 2.24) is 5.32 Å². The number of hydrogen-bond acceptors (Lipinski definition) is 5. The van der Waals surface area contributed by atoms with Gasteiger partial charge in [0, 0.05) is 18.1 Å². The van der Waals surface area contributed by atoms with E-state index >= 15 is 0 Å². The van der Waals surface area contributed by atoms with E-state index in [9.17, 15) is 8.42 Å². The molecule has 5 nitrogen and oxygen atoms in total. The van der Waals surface area contributed by atoms with Crippen molar-refractivity contribution in [2.75, 3.05) is 38.4 Å². The smallest absolute Gasteiger partial charge is 0.147 e. The Morgan fingerprint density at radius 2 is 2.17 bits per heavy atom. The monoisotopic (exact) mass is 279 g/mol. The van der Waals surface area contributed by atoms with Crippen LogP contribution in [-0.4, -0.2) is 58.9 Å². The molecule has 0 amide bonds. The second kappa shape index (κ2) is 8.09. The number of sulfone groups is 1. The van der Waals surface area contributed by atoms with E-state index in [1.165, 1.54) is 6.26 Å². The third-order valence-corrected chi connectivity index (χ3v) is 4.01. The zero-order valence-electron chi connectivity index (χ0n) is 11.4. The minimum atomic E-state index is -2.87. The largest absolute Gasteiger partial charge is 0.376 e. The van der Waals surface area contributed by atoms with Crippen LogP contribution in [0.15, 0.2) is 0 Å².